The van der Waals surface area contributed by atoms with E-state index in [4.69, 9.17) is 0 Å². The summed E-state index contributed by atoms with van der Waals surface area (Å²) < 4.78 is 1.58. The number of carbonyl (C=O) groups excluding carboxylic acids is 1. The van der Waals surface area contributed by atoms with Gasteiger partial charge in [-0.1, -0.05) is 45.2 Å². The van der Waals surface area contributed by atoms with Crippen LogP contribution in [0.25, 0.3) is 0 Å². The fourth-order valence-electron chi connectivity index (χ4n) is 2.73. The third-order valence-electron chi connectivity index (χ3n) is 3.94. The van der Waals surface area contributed by atoms with Gasteiger partial charge < -0.3 is 10.0 Å². The second-order valence-electron chi connectivity index (χ2n) is 5.31. The Hall–Kier alpha value is -0.880. The smallest absolute Gasteiger partial charge is 0.326 e. The molecule has 0 saturated carbocycles. The maximum Gasteiger partial charge on any atom is 0.326 e. The minimum Gasteiger partial charge on any atom is -0.480 e. The zero-order valence-corrected chi connectivity index (χ0v) is 14.9. The van der Waals surface area contributed by atoms with Crippen LogP contribution in [0.4, 0.5) is 0 Å². The number of aliphatic carboxylic acids is 1. The predicted molar refractivity (Wildman–Crippen MR) is 87.3 cm³/mol. The summed E-state index contributed by atoms with van der Waals surface area (Å²) in [5.41, 5.74) is 0.498. The van der Waals surface area contributed by atoms with E-state index in [9.17, 15) is 14.7 Å². The first-order valence-electron chi connectivity index (χ1n) is 6.92. The molecule has 6 heteroatoms. The first-order valence-corrected chi connectivity index (χ1v) is 8.50. The molecule has 0 aromatic heterocycles. The van der Waals surface area contributed by atoms with E-state index in [0.29, 0.717) is 24.4 Å². The molecule has 21 heavy (non-hydrogen) atoms. The van der Waals surface area contributed by atoms with Gasteiger partial charge in [-0.15, -0.1) is 0 Å². The molecule has 2 rings (SSSR count). The number of piperidine rings is 1. The van der Waals surface area contributed by atoms with Gasteiger partial charge >= 0.3 is 5.97 Å². The van der Waals surface area contributed by atoms with Gasteiger partial charge in [0.15, 0.2) is 0 Å². The highest BCUT2D eigenvalue weighted by Crippen LogP contribution is 2.28. The largest absolute Gasteiger partial charge is 0.480 e. The van der Waals surface area contributed by atoms with Crippen molar-refractivity contribution in [3.05, 3.63) is 32.7 Å². The summed E-state index contributed by atoms with van der Waals surface area (Å²) >= 11 is 6.71. The SMILES string of the molecule is CCC1CCN(C(=O)c2cc(Br)cc(Br)c2)C(C(=O)O)C1. The third kappa shape index (κ3) is 3.86. The highest BCUT2D eigenvalue weighted by Gasteiger charge is 2.36. The number of rotatable bonds is 3. The van der Waals surface area contributed by atoms with Crippen LogP contribution in [0.5, 0.6) is 0 Å². The molecule has 2 atom stereocenters. The van der Waals surface area contributed by atoms with Crippen molar-refractivity contribution in [1.29, 1.82) is 0 Å². The lowest BCUT2D eigenvalue weighted by molar-refractivity contribution is -0.144. The molecular weight excluding hydrogens is 402 g/mol. The Balaban J connectivity index is 2.26. The lowest BCUT2D eigenvalue weighted by Crippen LogP contribution is -2.50. The van der Waals surface area contributed by atoms with E-state index in [1.54, 1.807) is 12.1 Å². The van der Waals surface area contributed by atoms with Crippen molar-refractivity contribution < 1.29 is 14.7 Å². The minimum atomic E-state index is -0.921. The molecule has 1 N–H and O–H groups in total. The second kappa shape index (κ2) is 6.92. The molecule has 1 amide bonds. The van der Waals surface area contributed by atoms with Gasteiger partial charge in [-0.2, -0.15) is 0 Å². The molecule has 4 nitrogen and oxygen atoms in total. The number of carboxylic acids is 1. The van der Waals surface area contributed by atoms with Crippen molar-refractivity contribution in [2.24, 2.45) is 5.92 Å². The Labute approximate surface area is 140 Å². The van der Waals surface area contributed by atoms with Crippen molar-refractivity contribution >= 4 is 43.7 Å². The Kier molecular flexibility index (Phi) is 5.43. The number of carbonyl (C=O) groups is 2. The Bertz CT molecular complexity index is 542. The summed E-state index contributed by atoms with van der Waals surface area (Å²) in [5.74, 6) is -0.765. The summed E-state index contributed by atoms with van der Waals surface area (Å²) in [7, 11) is 0. The van der Waals surface area contributed by atoms with Crippen LogP contribution in [0.1, 0.15) is 36.5 Å². The summed E-state index contributed by atoms with van der Waals surface area (Å²) in [5, 5.41) is 9.41. The van der Waals surface area contributed by atoms with E-state index >= 15 is 0 Å². The van der Waals surface area contributed by atoms with Gasteiger partial charge in [0.1, 0.15) is 6.04 Å². The summed E-state index contributed by atoms with van der Waals surface area (Å²) in [4.78, 5) is 25.6. The second-order valence-corrected chi connectivity index (χ2v) is 7.14. The van der Waals surface area contributed by atoms with Gasteiger partial charge in [0.05, 0.1) is 0 Å². The molecule has 1 aromatic rings. The van der Waals surface area contributed by atoms with Gasteiger partial charge in [-0.25, -0.2) is 4.79 Å². The minimum absolute atomic E-state index is 0.223. The topological polar surface area (TPSA) is 57.6 Å². The normalized spacial score (nSPS) is 22.1. The number of amides is 1. The zero-order chi connectivity index (χ0) is 15.6. The molecule has 0 aliphatic carbocycles. The van der Waals surface area contributed by atoms with Crippen LogP contribution in [0.15, 0.2) is 27.1 Å². The fourth-order valence-corrected chi connectivity index (χ4v) is 4.02. The van der Waals surface area contributed by atoms with E-state index in [-0.39, 0.29) is 5.91 Å². The van der Waals surface area contributed by atoms with Crippen molar-refractivity contribution in [2.45, 2.75) is 32.2 Å². The molecule has 0 bridgehead atoms. The van der Waals surface area contributed by atoms with E-state index < -0.39 is 12.0 Å². The lowest BCUT2D eigenvalue weighted by atomic mass is 9.88. The molecule has 1 saturated heterocycles. The Morgan fingerprint density at radius 2 is 1.90 bits per heavy atom. The molecule has 0 spiro atoms. The Morgan fingerprint density at radius 1 is 1.29 bits per heavy atom. The van der Waals surface area contributed by atoms with Crippen molar-refractivity contribution in [3.63, 3.8) is 0 Å². The molecule has 114 valence electrons. The van der Waals surface area contributed by atoms with Crippen LogP contribution >= 0.6 is 31.9 Å². The molecule has 1 aromatic carbocycles. The average Bonchev–Trinajstić information content (AvgIpc) is 2.44. The van der Waals surface area contributed by atoms with Crippen LogP contribution in [-0.2, 0) is 4.79 Å². The Morgan fingerprint density at radius 3 is 2.43 bits per heavy atom. The summed E-state index contributed by atoms with van der Waals surface area (Å²) in [6.07, 6.45) is 2.35. The van der Waals surface area contributed by atoms with E-state index in [2.05, 4.69) is 38.8 Å². The predicted octanol–water partition coefficient (Wildman–Crippen LogP) is 3.93. The maximum absolute atomic E-state index is 12.6. The fraction of sp³-hybridized carbons (Fsp3) is 0.467. The van der Waals surface area contributed by atoms with Crippen molar-refractivity contribution in [1.82, 2.24) is 4.90 Å². The number of carboxylic acid groups (broad SMARTS) is 1. The van der Waals surface area contributed by atoms with Gasteiger partial charge in [0.2, 0.25) is 0 Å². The number of benzene rings is 1. The van der Waals surface area contributed by atoms with Crippen LogP contribution in [-0.4, -0.2) is 34.5 Å². The number of hydrogen-bond acceptors (Lipinski definition) is 2. The van der Waals surface area contributed by atoms with E-state index in [1.165, 1.54) is 4.90 Å². The standard InChI is InChI=1S/C15H17Br2NO3/c1-2-9-3-4-18(13(5-9)15(20)21)14(19)10-6-11(16)8-12(17)7-10/h6-9,13H,2-5H2,1H3,(H,20,21). The highest BCUT2D eigenvalue weighted by atomic mass is 79.9. The first-order chi connectivity index (χ1) is 9.92. The number of hydrogen-bond donors (Lipinski definition) is 1. The quantitative estimate of drug-likeness (QED) is 0.808. The van der Waals surface area contributed by atoms with E-state index in [0.717, 1.165) is 21.8 Å². The average molecular weight is 419 g/mol. The number of halogens is 2. The molecule has 0 radical (unpaired) electrons. The molecule has 1 aliphatic rings. The van der Waals surface area contributed by atoms with Crippen molar-refractivity contribution in [2.75, 3.05) is 6.54 Å². The van der Waals surface area contributed by atoms with Gasteiger partial charge in [-0.05, 0) is 37.0 Å². The molecule has 1 heterocycles. The maximum atomic E-state index is 12.6. The summed E-state index contributed by atoms with van der Waals surface area (Å²) in [6.45, 7) is 2.56. The van der Waals surface area contributed by atoms with Crippen LogP contribution in [0.3, 0.4) is 0 Å². The monoisotopic (exact) mass is 417 g/mol. The van der Waals surface area contributed by atoms with Crippen LogP contribution < -0.4 is 0 Å². The third-order valence-corrected chi connectivity index (χ3v) is 4.86. The van der Waals surface area contributed by atoms with Crippen LogP contribution in [0.2, 0.25) is 0 Å². The molecular formula is C15H17Br2NO3. The number of nitrogens with zero attached hydrogens (tertiary/aromatic N) is 1. The van der Waals surface area contributed by atoms with Crippen molar-refractivity contribution in [3.8, 4) is 0 Å². The molecule has 1 fully saturated rings. The lowest BCUT2D eigenvalue weighted by Gasteiger charge is -2.37. The van der Waals surface area contributed by atoms with E-state index in [1.807, 2.05) is 6.07 Å². The zero-order valence-electron chi connectivity index (χ0n) is 11.7. The highest BCUT2D eigenvalue weighted by molar-refractivity contribution is 9.11. The molecule has 2 unspecified atom stereocenters. The number of likely N-dealkylation sites (tertiary alicyclic amines) is 1. The van der Waals surface area contributed by atoms with Crippen LogP contribution in [0, 0.1) is 5.92 Å². The van der Waals surface area contributed by atoms with Gasteiger partial charge in [-0.3, -0.25) is 4.79 Å². The molecule has 1 aliphatic heterocycles. The first kappa shape index (κ1) is 16.5. The van der Waals surface area contributed by atoms with Gasteiger partial charge in [0.25, 0.3) is 5.91 Å². The summed E-state index contributed by atoms with van der Waals surface area (Å²) in [6, 6.07) is 4.55. The van der Waals surface area contributed by atoms with Gasteiger partial charge in [0, 0.05) is 21.1 Å².